The fourth-order valence-corrected chi connectivity index (χ4v) is 4.13. The van der Waals surface area contributed by atoms with E-state index >= 15 is 0 Å². The monoisotopic (exact) mass is 470 g/mol. The Morgan fingerprint density at radius 3 is 2.65 bits per heavy atom. The third-order valence-corrected chi connectivity index (χ3v) is 5.87. The number of rotatable bonds is 7. The number of nitrogens with one attached hydrogen (secondary N) is 1. The molecule has 31 heavy (non-hydrogen) atoms. The number of carboxylic acid groups (broad SMARTS) is 1. The van der Waals surface area contributed by atoms with Crippen molar-refractivity contribution in [2.75, 3.05) is 0 Å². The van der Waals surface area contributed by atoms with Gasteiger partial charge in [0.05, 0.1) is 11.0 Å². The lowest BCUT2D eigenvalue weighted by atomic mass is 10.2. The summed E-state index contributed by atoms with van der Waals surface area (Å²) in [4.78, 5) is 19.6. The van der Waals surface area contributed by atoms with Crippen LogP contribution in [-0.4, -0.2) is 21.0 Å². The lowest BCUT2D eigenvalue weighted by Crippen LogP contribution is -2.00. The smallest absolute Gasteiger partial charge is 0.342 e. The minimum absolute atomic E-state index is 0.111. The molecular formula is C23H16Cl2N2O3S. The van der Waals surface area contributed by atoms with E-state index < -0.39 is 5.97 Å². The SMILES string of the molecule is O=C(O)/C(=C/c1ccccc1OCc1ccc(Cl)cc1Cl)Sc1nc2ccccc2[nH]1. The maximum Gasteiger partial charge on any atom is 0.342 e. The predicted octanol–water partition coefficient (Wildman–Crippen LogP) is 6.67. The van der Waals surface area contributed by atoms with E-state index in [0.717, 1.165) is 28.4 Å². The summed E-state index contributed by atoms with van der Waals surface area (Å²) < 4.78 is 5.93. The molecule has 0 aliphatic heterocycles. The van der Waals surface area contributed by atoms with Gasteiger partial charge in [0, 0.05) is 21.2 Å². The van der Waals surface area contributed by atoms with Gasteiger partial charge in [0.2, 0.25) is 0 Å². The number of imidazole rings is 1. The van der Waals surface area contributed by atoms with E-state index in [1.807, 2.05) is 36.4 Å². The molecule has 1 aromatic heterocycles. The fraction of sp³-hybridized carbons (Fsp3) is 0.0435. The molecule has 0 fully saturated rings. The van der Waals surface area contributed by atoms with Gasteiger partial charge in [0.1, 0.15) is 17.3 Å². The van der Waals surface area contributed by atoms with Gasteiger partial charge in [-0.3, -0.25) is 0 Å². The molecule has 0 aliphatic carbocycles. The Hall–Kier alpha value is -2.93. The van der Waals surface area contributed by atoms with E-state index in [1.54, 1.807) is 36.4 Å². The summed E-state index contributed by atoms with van der Waals surface area (Å²) in [6.45, 7) is 0.222. The van der Waals surface area contributed by atoms with Crippen LogP contribution in [0.3, 0.4) is 0 Å². The number of hydrogen-bond acceptors (Lipinski definition) is 4. The molecule has 0 saturated heterocycles. The first-order valence-electron chi connectivity index (χ1n) is 9.23. The Balaban J connectivity index is 1.58. The second-order valence-electron chi connectivity index (χ2n) is 6.54. The molecule has 3 aromatic carbocycles. The van der Waals surface area contributed by atoms with Crippen molar-refractivity contribution in [3.8, 4) is 5.75 Å². The number of para-hydroxylation sites is 3. The standard InChI is InChI=1S/C23H16Cl2N2O3S/c24-16-10-9-15(17(25)12-16)13-30-20-8-4-1-5-14(20)11-21(22(28)29)31-23-26-18-6-2-3-7-19(18)27-23/h1-12H,13H2,(H,26,27)(H,28,29)/b21-11-. The van der Waals surface area contributed by atoms with Crippen LogP contribution in [0.15, 0.2) is 76.8 Å². The number of halogens is 2. The Bertz CT molecular complexity index is 1250. The Morgan fingerprint density at radius 1 is 1.10 bits per heavy atom. The number of aromatic nitrogens is 2. The van der Waals surface area contributed by atoms with Gasteiger partial charge in [-0.25, -0.2) is 9.78 Å². The van der Waals surface area contributed by atoms with Crippen LogP contribution in [0.2, 0.25) is 10.0 Å². The maximum atomic E-state index is 11.9. The number of carbonyl (C=O) groups is 1. The Kier molecular flexibility index (Phi) is 6.51. The van der Waals surface area contributed by atoms with E-state index in [1.165, 1.54) is 0 Å². The summed E-state index contributed by atoms with van der Waals surface area (Å²) in [6.07, 6.45) is 1.57. The largest absolute Gasteiger partial charge is 0.488 e. The minimum atomic E-state index is -1.05. The number of benzene rings is 3. The van der Waals surface area contributed by atoms with Gasteiger partial charge < -0.3 is 14.8 Å². The summed E-state index contributed by atoms with van der Waals surface area (Å²) in [6, 6.07) is 19.9. The van der Waals surface area contributed by atoms with Gasteiger partial charge >= 0.3 is 5.97 Å². The normalized spacial score (nSPS) is 11.6. The van der Waals surface area contributed by atoms with Gasteiger partial charge in [0.15, 0.2) is 5.16 Å². The van der Waals surface area contributed by atoms with E-state index in [4.69, 9.17) is 27.9 Å². The van der Waals surface area contributed by atoms with Gasteiger partial charge in [-0.1, -0.05) is 59.6 Å². The third-order valence-electron chi connectivity index (χ3n) is 4.39. The quantitative estimate of drug-likeness (QED) is 0.233. The van der Waals surface area contributed by atoms with E-state index in [0.29, 0.717) is 26.5 Å². The van der Waals surface area contributed by atoms with Gasteiger partial charge in [-0.15, -0.1) is 0 Å². The molecule has 0 saturated carbocycles. The minimum Gasteiger partial charge on any atom is -0.488 e. The van der Waals surface area contributed by atoms with Gasteiger partial charge in [0.25, 0.3) is 0 Å². The van der Waals surface area contributed by atoms with Crippen LogP contribution in [0.1, 0.15) is 11.1 Å². The number of aromatic amines is 1. The molecular weight excluding hydrogens is 455 g/mol. The number of ether oxygens (including phenoxy) is 1. The van der Waals surface area contributed by atoms with Crippen LogP contribution in [0.25, 0.3) is 17.1 Å². The molecule has 4 rings (SSSR count). The maximum absolute atomic E-state index is 11.9. The van der Waals surface area contributed by atoms with Gasteiger partial charge in [-0.2, -0.15) is 0 Å². The average Bonchev–Trinajstić information content (AvgIpc) is 3.16. The molecule has 4 aromatic rings. The molecule has 0 amide bonds. The molecule has 5 nitrogen and oxygen atoms in total. The van der Waals surface area contributed by atoms with Crippen molar-refractivity contribution in [2.45, 2.75) is 11.8 Å². The molecule has 2 N–H and O–H groups in total. The van der Waals surface area contributed by atoms with Gasteiger partial charge in [-0.05, 0) is 48.2 Å². The van der Waals surface area contributed by atoms with E-state index in [2.05, 4.69) is 9.97 Å². The molecule has 0 atom stereocenters. The summed E-state index contributed by atoms with van der Waals surface area (Å²) in [7, 11) is 0. The zero-order valence-electron chi connectivity index (χ0n) is 16.0. The van der Waals surface area contributed by atoms with Crippen LogP contribution in [-0.2, 0) is 11.4 Å². The fourth-order valence-electron chi connectivity index (χ4n) is 2.88. The third kappa shape index (κ3) is 5.22. The second-order valence-corrected chi connectivity index (χ2v) is 8.41. The molecule has 0 unspecified atom stereocenters. The molecule has 156 valence electrons. The second kappa shape index (κ2) is 9.47. The summed E-state index contributed by atoms with van der Waals surface area (Å²) in [5.41, 5.74) is 3.03. The number of carboxylic acids is 1. The lowest BCUT2D eigenvalue weighted by Gasteiger charge is -2.11. The lowest BCUT2D eigenvalue weighted by molar-refractivity contribution is -0.131. The number of fused-ring (bicyclic) bond motifs is 1. The predicted molar refractivity (Wildman–Crippen MR) is 125 cm³/mol. The summed E-state index contributed by atoms with van der Waals surface area (Å²) in [5, 5.41) is 11.3. The van der Waals surface area contributed by atoms with Crippen molar-refractivity contribution in [3.63, 3.8) is 0 Å². The topological polar surface area (TPSA) is 75.2 Å². The highest BCUT2D eigenvalue weighted by Crippen LogP contribution is 2.31. The number of aliphatic carboxylic acids is 1. The zero-order chi connectivity index (χ0) is 21.8. The zero-order valence-corrected chi connectivity index (χ0v) is 18.3. The summed E-state index contributed by atoms with van der Waals surface area (Å²) >= 11 is 13.2. The number of hydrogen-bond donors (Lipinski definition) is 2. The Labute approximate surface area is 192 Å². The van der Waals surface area contributed by atoms with Crippen LogP contribution in [0, 0.1) is 0 Å². The molecule has 8 heteroatoms. The molecule has 0 spiro atoms. The first-order chi connectivity index (χ1) is 15.0. The molecule has 0 radical (unpaired) electrons. The van der Waals surface area contributed by atoms with Crippen LogP contribution < -0.4 is 4.74 Å². The Morgan fingerprint density at radius 2 is 1.87 bits per heavy atom. The number of H-pyrrole nitrogens is 1. The van der Waals surface area contributed by atoms with Crippen molar-refractivity contribution in [1.29, 1.82) is 0 Å². The van der Waals surface area contributed by atoms with Crippen molar-refractivity contribution in [1.82, 2.24) is 9.97 Å². The van der Waals surface area contributed by atoms with Crippen molar-refractivity contribution < 1.29 is 14.6 Å². The molecule has 0 bridgehead atoms. The average molecular weight is 471 g/mol. The molecule has 1 heterocycles. The highest BCUT2D eigenvalue weighted by Gasteiger charge is 2.14. The highest BCUT2D eigenvalue weighted by atomic mass is 35.5. The van der Waals surface area contributed by atoms with Crippen molar-refractivity contribution in [2.24, 2.45) is 0 Å². The van der Waals surface area contributed by atoms with E-state index in [9.17, 15) is 9.90 Å². The first-order valence-corrected chi connectivity index (χ1v) is 10.8. The van der Waals surface area contributed by atoms with Crippen LogP contribution in [0.5, 0.6) is 5.75 Å². The van der Waals surface area contributed by atoms with Crippen LogP contribution in [0.4, 0.5) is 0 Å². The van der Waals surface area contributed by atoms with Crippen LogP contribution >= 0.6 is 35.0 Å². The number of thioether (sulfide) groups is 1. The van der Waals surface area contributed by atoms with Crippen molar-refractivity contribution in [3.05, 3.63) is 92.8 Å². The number of nitrogens with zero attached hydrogens (tertiary/aromatic N) is 1. The highest BCUT2D eigenvalue weighted by molar-refractivity contribution is 8.04. The van der Waals surface area contributed by atoms with Crippen molar-refractivity contribution >= 4 is 58.0 Å². The van der Waals surface area contributed by atoms with E-state index in [-0.39, 0.29) is 11.5 Å². The summed E-state index contributed by atoms with van der Waals surface area (Å²) in [5.74, 6) is -0.515. The first kappa shape index (κ1) is 21.3. The molecule has 0 aliphatic rings.